The van der Waals surface area contributed by atoms with Gasteiger partial charge in [0, 0.05) is 17.8 Å². The van der Waals surface area contributed by atoms with Gasteiger partial charge in [0.05, 0.1) is 12.6 Å². The molecule has 96 valence electrons. The highest BCUT2D eigenvalue weighted by Gasteiger charge is 2.11. The van der Waals surface area contributed by atoms with Gasteiger partial charge in [-0.1, -0.05) is 11.6 Å². The predicted molar refractivity (Wildman–Crippen MR) is 73.9 cm³/mol. The van der Waals surface area contributed by atoms with Crippen molar-refractivity contribution in [1.82, 2.24) is 9.38 Å². The average molecular weight is 275 g/mol. The van der Waals surface area contributed by atoms with Crippen LogP contribution in [0, 0.1) is 0 Å². The maximum absolute atomic E-state index is 9.49. The Labute approximate surface area is 114 Å². The summed E-state index contributed by atoms with van der Waals surface area (Å²) < 4.78 is 6.96. The minimum atomic E-state index is 0.163. The first kappa shape index (κ1) is 11.9. The number of aromatic nitrogens is 2. The van der Waals surface area contributed by atoms with Gasteiger partial charge in [-0.05, 0) is 30.3 Å². The van der Waals surface area contributed by atoms with Crippen LogP contribution in [0.25, 0.3) is 16.9 Å². The molecule has 5 heteroatoms. The summed E-state index contributed by atoms with van der Waals surface area (Å²) in [7, 11) is 1.62. The number of pyridine rings is 1. The van der Waals surface area contributed by atoms with Gasteiger partial charge >= 0.3 is 0 Å². The Kier molecular flexibility index (Phi) is 2.80. The second-order valence-electron chi connectivity index (χ2n) is 4.09. The Morgan fingerprint density at radius 3 is 2.63 bits per heavy atom. The largest absolute Gasteiger partial charge is 0.508 e. The first-order valence-corrected chi connectivity index (χ1v) is 6.08. The summed E-state index contributed by atoms with van der Waals surface area (Å²) in [5.74, 6) is 1.67. The number of ether oxygens (including phenoxy) is 1. The molecule has 0 spiro atoms. The fraction of sp³-hybridized carbons (Fsp3) is 0.0714. The van der Waals surface area contributed by atoms with Crippen molar-refractivity contribution in [3.8, 4) is 22.9 Å². The molecule has 1 aromatic carbocycles. The summed E-state index contributed by atoms with van der Waals surface area (Å²) in [5, 5.41) is 9.85. The number of halogens is 1. The first-order chi connectivity index (χ1) is 9.19. The van der Waals surface area contributed by atoms with E-state index < -0.39 is 0 Å². The zero-order valence-corrected chi connectivity index (χ0v) is 10.9. The Balaban J connectivity index is 2.19. The summed E-state index contributed by atoms with van der Waals surface area (Å²) in [4.78, 5) is 4.33. The Bertz CT molecular complexity index is 735. The number of rotatable bonds is 2. The fourth-order valence-electron chi connectivity index (χ4n) is 1.98. The van der Waals surface area contributed by atoms with Crippen LogP contribution in [0.4, 0.5) is 0 Å². The van der Waals surface area contributed by atoms with E-state index in [0.29, 0.717) is 10.7 Å². The zero-order valence-electron chi connectivity index (χ0n) is 10.2. The molecule has 3 rings (SSSR count). The van der Waals surface area contributed by atoms with Crippen LogP contribution in [-0.2, 0) is 0 Å². The van der Waals surface area contributed by atoms with Gasteiger partial charge in [0.25, 0.3) is 0 Å². The van der Waals surface area contributed by atoms with Crippen molar-refractivity contribution < 1.29 is 9.84 Å². The number of benzene rings is 1. The summed E-state index contributed by atoms with van der Waals surface area (Å²) in [5.41, 5.74) is 1.60. The van der Waals surface area contributed by atoms with Crippen LogP contribution in [0.15, 0.2) is 42.6 Å². The van der Waals surface area contributed by atoms with Crippen molar-refractivity contribution in [2.75, 3.05) is 7.11 Å². The van der Waals surface area contributed by atoms with E-state index in [9.17, 15) is 5.11 Å². The molecule has 0 aliphatic heterocycles. The molecule has 0 saturated carbocycles. The third kappa shape index (κ3) is 2.00. The van der Waals surface area contributed by atoms with Crippen molar-refractivity contribution in [1.29, 1.82) is 0 Å². The van der Waals surface area contributed by atoms with E-state index in [0.717, 1.165) is 17.1 Å². The molecule has 0 saturated heterocycles. The van der Waals surface area contributed by atoms with Gasteiger partial charge in [-0.2, -0.15) is 0 Å². The van der Waals surface area contributed by atoms with Crippen LogP contribution in [0.3, 0.4) is 0 Å². The molecule has 0 atom stereocenters. The monoisotopic (exact) mass is 274 g/mol. The first-order valence-electron chi connectivity index (χ1n) is 5.70. The molecule has 0 fully saturated rings. The summed E-state index contributed by atoms with van der Waals surface area (Å²) in [6.07, 6.45) is 1.74. The summed E-state index contributed by atoms with van der Waals surface area (Å²) >= 11 is 6.09. The second-order valence-corrected chi connectivity index (χ2v) is 4.45. The minimum absolute atomic E-state index is 0.163. The number of methoxy groups -OCH3 is 1. The molecule has 0 aliphatic rings. The molecule has 1 N–H and O–H groups in total. The lowest BCUT2D eigenvalue weighted by atomic mass is 10.2. The molecule has 0 radical (unpaired) electrons. The number of aromatic hydroxyl groups is 1. The van der Waals surface area contributed by atoms with E-state index >= 15 is 0 Å². The average Bonchev–Trinajstić information content (AvgIpc) is 2.76. The highest BCUT2D eigenvalue weighted by molar-refractivity contribution is 6.33. The molecule has 2 aromatic heterocycles. The van der Waals surface area contributed by atoms with E-state index in [1.165, 1.54) is 0 Å². The molecule has 0 unspecified atom stereocenters. The van der Waals surface area contributed by atoms with E-state index in [4.69, 9.17) is 16.3 Å². The topological polar surface area (TPSA) is 46.8 Å². The third-order valence-electron chi connectivity index (χ3n) is 2.93. The van der Waals surface area contributed by atoms with Crippen LogP contribution < -0.4 is 4.74 Å². The number of hydrogen-bond donors (Lipinski definition) is 1. The molecule has 2 heterocycles. The zero-order chi connectivity index (χ0) is 13.4. The van der Waals surface area contributed by atoms with Crippen molar-refractivity contribution >= 4 is 17.1 Å². The van der Waals surface area contributed by atoms with Gasteiger partial charge in [-0.3, -0.25) is 4.40 Å². The highest BCUT2D eigenvalue weighted by Crippen LogP contribution is 2.28. The van der Waals surface area contributed by atoms with Crippen molar-refractivity contribution in [2.45, 2.75) is 0 Å². The molecule has 0 aliphatic carbocycles. The lowest BCUT2D eigenvalue weighted by molar-refractivity contribution is 0.415. The minimum Gasteiger partial charge on any atom is -0.508 e. The maximum atomic E-state index is 9.49. The van der Waals surface area contributed by atoms with Crippen LogP contribution in [0.2, 0.25) is 5.15 Å². The molecule has 0 amide bonds. The van der Waals surface area contributed by atoms with Crippen molar-refractivity contribution in [3.05, 3.63) is 47.7 Å². The number of fused-ring (bicyclic) bond motifs is 1. The SMILES string of the molecule is COc1ccc(-c2nc(Cl)c3cc(O)ccn23)cc1. The molecule has 3 aromatic rings. The van der Waals surface area contributed by atoms with Crippen LogP contribution >= 0.6 is 11.6 Å². The van der Waals surface area contributed by atoms with Crippen molar-refractivity contribution in [3.63, 3.8) is 0 Å². The van der Waals surface area contributed by atoms with Gasteiger partial charge in [0.1, 0.15) is 17.3 Å². The van der Waals surface area contributed by atoms with Crippen LogP contribution in [0.5, 0.6) is 11.5 Å². The van der Waals surface area contributed by atoms with Gasteiger partial charge in [0.15, 0.2) is 5.15 Å². The number of imidazole rings is 1. The van der Waals surface area contributed by atoms with E-state index in [2.05, 4.69) is 4.98 Å². The second kappa shape index (κ2) is 4.48. The molecular formula is C14H11ClN2O2. The molecular weight excluding hydrogens is 264 g/mol. The smallest absolute Gasteiger partial charge is 0.155 e. The Morgan fingerprint density at radius 1 is 1.21 bits per heavy atom. The maximum Gasteiger partial charge on any atom is 0.155 e. The van der Waals surface area contributed by atoms with Gasteiger partial charge < -0.3 is 9.84 Å². The van der Waals surface area contributed by atoms with Crippen LogP contribution in [-0.4, -0.2) is 21.6 Å². The van der Waals surface area contributed by atoms with E-state index in [-0.39, 0.29) is 5.75 Å². The quantitative estimate of drug-likeness (QED) is 0.779. The number of hydrogen-bond acceptors (Lipinski definition) is 3. The normalized spacial score (nSPS) is 10.8. The number of nitrogens with zero attached hydrogens (tertiary/aromatic N) is 2. The van der Waals surface area contributed by atoms with E-state index in [1.54, 1.807) is 25.4 Å². The summed E-state index contributed by atoms with van der Waals surface area (Å²) in [6, 6.07) is 10.7. The fourth-order valence-corrected chi connectivity index (χ4v) is 2.21. The van der Waals surface area contributed by atoms with E-state index in [1.807, 2.05) is 28.7 Å². The van der Waals surface area contributed by atoms with Gasteiger partial charge in [-0.15, -0.1) is 0 Å². The molecule has 4 nitrogen and oxygen atoms in total. The molecule has 19 heavy (non-hydrogen) atoms. The van der Waals surface area contributed by atoms with Gasteiger partial charge in [0.2, 0.25) is 0 Å². The predicted octanol–water partition coefficient (Wildman–Crippen LogP) is 3.37. The Hall–Kier alpha value is -2.20. The third-order valence-corrected chi connectivity index (χ3v) is 3.21. The van der Waals surface area contributed by atoms with Gasteiger partial charge in [-0.25, -0.2) is 4.98 Å². The standard InChI is InChI=1S/C14H11ClN2O2/c1-19-11-4-2-9(3-5-11)14-16-13(15)12-8-10(18)6-7-17(12)14/h2-8,18H,1H3. The molecule has 0 bridgehead atoms. The lowest BCUT2D eigenvalue weighted by Crippen LogP contribution is -1.89. The van der Waals surface area contributed by atoms with Crippen LogP contribution in [0.1, 0.15) is 0 Å². The lowest BCUT2D eigenvalue weighted by Gasteiger charge is -2.03. The highest BCUT2D eigenvalue weighted by atomic mass is 35.5. The Morgan fingerprint density at radius 2 is 1.95 bits per heavy atom. The van der Waals surface area contributed by atoms with Crippen molar-refractivity contribution in [2.24, 2.45) is 0 Å². The summed E-state index contributed by atoms with van der Waals surface area (Å²) in [6.45, 7) is 0.